The summed E-state index contributed by atoms with van der Waals surface area (Å²) in [6.07, 6.45) is 2.07. The van der Waals surface area contributed by atoms with Gasteiger partial charge in [-0.05, 0) is 12.8 Å². The smallest absolute Gasteiger partial charge is 0.0646 e. The summed E-state index contributed by atoms with van der Waals surface area (Å²) >= 11 is 0. The van der Waals surface area contributed by atoms with Crippen molar-refractivity contribution >= 4 is 0 Å². The van der Waals surface area contributed by atoms with E-state index in [4.69, 9.17) is 10.5 Å². The molecular formula is C6H13NO. The molecule has 1 saturated heterocycles. The molecule has 1 aliphatic rings. The minimum Gasteiger partial charge on any atom is -0.379 e. The molecule has 1 fully saturated rings. The zero-order chi connectivity index (χ0) is 6.04. The topological polar surface area (TPSA) is 35.2 Å². The Morgan fingerprint density at radius 3 is 2.75 bits per heavy atom. The van der Waals surface area contributed by atoms with Crippen LogP contribution in [-0.4, -0.2) is 18.8 Å². The predicted molar refractivity (Wildman–Crippen MR) is 32.6 cm³/mol. The standard InChI is InChI=1S/C6H13NO/c1-2-6(7)3-4-8-5-6/h2-5,7H2,1H3/t6-/m0/s1. The molecule has 1 atom stereocenters. The summed E-state index contributed by atoms with van der Waals surface area (Å²) in [5.74, 6) is 0. The third-order valence-corrected chi connectivity index (χ3v) is 1.84. The molecule has 0 aromatic carbocycles. The lowest BCUT2D eigenvalue weighted by molar-refractivity contribution is 0.177. The summed E-state index contributed by atoms with van der Waals surface area (Å²) in [4.78, 5) is 0. The van der Waals surface area contributed by atoms with Crippen LogP contribution in [0.2, 0.25) is 0 Å². The van der Waals surface area contributed by atoms with Gasteiger partial charge in [0.05, 0.1) is 6.61 Å². The van der Waals surface area contributed by atoms with Gasteiger partial charge in [0, 0.05) is 12.1 Å². The lowest BCUT2D eigenvalue weighted by atomic mass is 9.97. The van der Waals surface area contributed by atoms with Gasteiger partial charge >= 0.3 is 0 Å². The van der Waals surface area contributed by atoms with Gasteiger partial charge < -0.3 is 10.5 Å². The van der Waals surface area contributed by atoms with Crippen LogP contribution in [0.1, 0.15) is 19.8 Å². The SMILES string of the molecule is CC[C@]1(N)CCOC1. The fraction of sp³-hybridized carbons (Fsp3) is 1.00. The number of nitrogens with two attached hydrogens (primary N) is 1. The Morgan fingerprint density at radius 1 is 1.75 bits per heavy atom. The Bertz CT molecular complexity index is 76.6. The van der Waals surface area contributed by atoms with Crippen LogP contribution in [0.4, 0.5) is 0 Å². The molecule has 0 saturated carbocycles. The second-order valence-electron chi connectivity index (χ2n) is 2.52. The molecule has 2 N–H and O–H groups in total. The van der Waals surface area contributed by atoms with Crippen molar-refractivity contribution < 1.29 is 4.74 Å². The van der Waals surface area contributed by atoms with Crippen LogP contribution < -0.4 is 5.73 Å². The Labute approximate surface area is 50.0 Å². The van der Waals surface area contributed by atoms with Gasteiger partial charge in [0.15, 0.2) is 0 Å². The number of hydrogen-bond acceptors (Lipinski definition) is 2. The molecule has 0 aromatic heterocycles. The highest BCUT2D eigenvalue weighted by atomic mass is 16.5. The zero-order valence-electron chi connectivity index (χ0n) is 5.31. The Balaban J connectivity index is 2.40. The summed E-state index contributed by atoms with van der Waals surface area (Å²) < 4.78 is 5.13. The molecule has 0 spiro atoms. The maximum Gasteiger partial charge on any atom is 0.0646 e. The van der Waals surface area contributed by atoms with E-state index in [0.717, 1.165) is 26.1 Å². The fourth-order valence-electron chi connectivity index (χ4n) is 0.902. The molecule has 2 nitrogen and oxygen atoms in total. The van der Waals surface area contributed by atoms with Crippen LogP contribution in [0.5, 0.6) is 0 Å². The van der Waals surface area contributed by atoms with Crippen molar-refractivity contribution in [3.63, 3.8) is 0 Å². The molecule has 1 rings (SSSR count). The van der Waals surface area contributed by atoms with Crippen LogP contribution in [0.15, 0.2) is 0 Å². The average molecular weight is 115 g/mol. The van der Waals surface area contributed by atoms with E-state index in [9.17, 15) is 0 Å². The number of hydrogen-bond donors (Lipinski definition) is 1. The molecule has 8 heavy (non-hydrogen) atoms. The van der Waals surface area contributed by atoms with Crippen molar-refractivity contribution in [3.05, 3.63) is 0 Å². The Kier molecular flexibility index (Phi) is 1.54. The van der Waals surface area contributed by atoms with Crippen molar-refractivity contribution in [1.29, 1.82) is 0 Å². The summed E-state index contributed by atoms with van der Waals surface area (Å²) in [6.45, 7) is 3.71. The summed E-state index contributed by atoms with van der Waals surface area (Å²) in [5.41, 5.74) is 5.85. The van der Waals surface area contributed by atoms with E-state index in [0.29, 0.717) is 0 Å². The van der Waals surface area contributed by atoms with Gasteiger partial charge in [-0.15, -0.1) is 0 Å². The van der Waals surface area contributed by atoms with Crippen molar-refractivity contribution in [2.75, 3.05) is 13.2 Å². The van der Waals surface area contributed by atoms with Gasteiger partial charge in [-0.25, -0.2) is 0 Å². The molecular weight excluding hydrogens is 102 g/mol. The van der Waals surface area contributed by atoms with Crippen LogP contribution in [-0.2, 0) is 4.74 Å². The molecule has 0 aliphatic carbocycles. The minimum atomic E-state index is 0.0139. The highest BCUT2D eigenvalue weighted by Gasteiger charge is 2.27. The van der Waals surface area contributed by atoms with Gasteiger partial charge in [-0.3, -0.25) is 0 Å². The summed E-state index contributed by atoms with van der Waals surface area (Å²) in [5, 5.41) is 0. The van der Waals surface area contributed by atoms with Crippen molar-refractivity contribution in [1.82, 2.24) is 0 Å². The number of ether oxygens (including phenoxy) is 1. The molecule has 0 unspecified atom stereocenters. The van der Waals surface area contributed by atoms with Crippen molar-refractivity contribution in [3.8, 4) is 0 Å². The van der Waals surface area contributed by atoms with Gasteiger partial charge in [-0.2, -0.15) is 0 Å². The first kappa shape index (κ1) is 6.05. The van der Waals surface area contributed by atoms with Gasteiger partial charge in [0.2, 0.25) is 0 Å². The maximum absolute atomic E-state index is 5.83. The first-order chi connectivity index (χ1) is 3.77. The first-order valence-corrected chi connectivity index (χ1v) is 3.13. The van der Waals surface area contributed by atoms with Gasteiger partial charge in [0.25, 0.3) is 0 Å². The molecule has 1 aliphatic heterocycles. The quantitative estimate of drug-likeness (QED) is 0.540. The number of rotatable bonds is 1. The largest absolute Gasteiger partial charge is 0.379 e. The molecule has 0 bridgehead atoms. The molecule has 48 valence electrons. The van der Waals surface area contributed by atoms with Gasteiger partial charge in [-0.1, -0.05) is 6.92 Å². The second-order valence-corrected chi connectivity index (χ2v) is 2.52. The third-order valence-electron chi connectivity index (χ3n) is 1.84. The van der Waals surface area contributed by atoms with E-state index < -0.39 is 0 Å². The molecule has 1 heterocycles. The van der Waals surface area contributed by atoms with Crippen LogP contribution >= 0.6 is 0 Å². The van der Waals surface area contributed by atoms with E-state index in [1.807, 2.05) is 0 Å². The fourth-order valence-corrected chi connectivity index (χ4v) is 0.902. The van der Waals surface area contributed by atoms with E-state index in [2.05, 4.69) is 6.92 Å². The average Bonchev–Trinajstić information content (AvgIpc) is 2.17. The zero-order valence-corrected chi connectivity index (χ0v) is 5.31. The van der Waals surface area contributed by atoms with Crippen LogP contribution in [0.3, 0.4) is 0 Å². The summed E-state index contributed by atoms with van der Waals surface area (Å²) in [6, 6.07) is 0. The normalized spacial score (nSPS) is 38.2. The highest BCUT2D eigenvalue weighted by molar-refractivity contribution is 4.85. The van der Waals surface area contributed by atoms with E-state index in [1.165, 1.54) is 0 Å². The maximum atomic E-state index is 5.83. The van der Waals surface area contributed by atoms with E-state index in [-0.39, 0.29) is 5.54 Å². The van der Waals surface area contributed by atoms with Crippen LogP contribution in [0, 0.1) is 0 Å². The molecule has 0 radical (unpaired) electrons. The second kappa shape index (κ2) is 2.03. The first-order valence-electron chi connectivity index (χ1n) is 3.13. The van der Waals surface area contributed by atoms with Crippen LogP contribution in [0.25, 0.3) is 0 Å². The minimum absolute atomic E-state index is 0.0139. The molecule has 2 heteroatoms. The van der Waals surface area contributed by atoms with Crippen molar-refractivity contribution in [2.45, 2.75) is 25.3 Å². The Hall–Kier alpha value is -0.0800. The van der Waals surface area contributed by atoms with E-state index in [1.54, 1.807) is 0 Å². The lowest BCUT2D eigenvalue weighted by Gasteiger charge is -2.17. The van der Waals surface area contributed by atoms with E-state index >= 15 is 0 Å². The molecule has 0 aromatic rings. The predicted octanol–water partition coefficient (Wildman–Crippen LogP) is 0.514. The Morgan fingerprint density at radius 2 is 2.50 bits per heavy atom. The summed E-state index contributed by atoms with van der Waals surface area (Å²) in [7, 11) is 0. The monoisotopic (exact) mass is 115 g/mol. The van der Waals surface area contributed by atoms with Crippen molar-refractivity contribution in [2.24, 2.45) is 5.73 Å². The molecule has 0 amide bonds. The van der Waals surface area contributed by atoms with Gasteiger partial charge in [0.1, 0.15) is 0 Å². The highest BCUT2D eigenvalue weighted by Crippen LogP contribution is 2.17. The third kappa shape index (κ3) is 1.01. The lowest BCUT2D eigenvalue weighted by Crippen LogP contribution is -2.39.